The molecule has 1 fully saturated rings. The number of hydrogen-bond acceptors (Lipinski definition) is 6. The van der Waals surface area contributed by atoms with Gasteiger partial charge in [-0.25, -0.2) is 0 Å². The molecule has 186 valence electrons. The Balaban J connectivity index is 1.41. The summed E-state index contributed by atoms with van der Waals surface area (Å²) in [5.74, 6) is 1.16. The van der Waals surface area contributed by atoms with E-state index in [9.17, 15) is 14.4 Å². The molecule has 0 bridgehead atoms. The van der Waals surface area contributed by atoms with Crippen molar-refractivity contribution in [3.05, 3.63) is 53.6 Å². The highest BCUT2D eigenvalue weighted by atomic mass is 16.7. The normalized spacial score (nSPS) is 15.9. The van der Waals surface area contributed by atoms with Crippen molar-refractivity contribution in [2.45, 2.75) is 32.2 Å². The first-order valence-corrected chi connectivity index (χ1v) is 11.9. The van der Waals surface area contributed by atoms with Crippen molar-refractivity contribution < 1.29 is 28.6 Å². The zero-order chi connectivity index (χ0) is 24.8. The van der Waals surface area contributed by atoms with Gasteiger partial charge in [0.1, 0.15) is 11.8 Å². The van der Waals surface area contributed by atoms with Gasteiger partial charge in [-0.3, -0.25) is 14.4 Å². The molecule has 9 nitrogen and oxygen atoms in total. The first-order valence-electron chi connectivity index (χ1n) is 11.9. The fourth-order valence-corrected chi connectivity index (χ4v) is 4.37. The van der Waals surface area contributed by atoms with E-state index >= 15 is 0 Å². The van der Waals surface area contributed by atoms with Crippen molar-refractivity contribution >= 4 is 17.7 Å². The molecule has 2 N–H and O–H groups in total. The van der Waals surface area contributed by atoms with Crippen molar-refractivity contribution in [1.29, 1.82) is 0 Å². The number of ether oxygens (including phenoxy) is 3. The van der Waals surface area contributed by atoms with Gasteiger partial charge in [0.05, 0.1) is 7.11 Å². The number of rotatable bonds is 8. The third kappa shape index (κ3) is 5.67. The summed E-state index contributed by atoms with van der Waals surface area (Å²) in [4.78, 5) is 40.7. The summed E-state index contributed by atoms with van der Waals surface area (Å²) < 4.78 is 15.9. The first-order chi connectivity index (χ1) is 17.0. The summed E-state index contributed by atoms with van der Waals surface area (Å²) in [5.41, 5.74) is 0.993. The first kappa shape index (κ1) is 24.4. The zero-order valence-corrected chi connectivity index (χ0v) is 20.0. The van der Waals surface area contributed by atoms with Crippen LogP contribution in [0.4, 0.5) is 0 Å². The predicted octanol–water partition coefficient (Wildman–Crippen LogP) is 2.60. The van der Waals surface area contributed by atoms with Gasteiger partial charge in [0.25, 0.3) is 11.8 Å². The molecule has 1 saturated heterocycles. The summed E-state index contributed by atoms with van der Waals surface area (Å²) in [6, 6.07) is 11.3. The molecule has 0 spiro atoms. The van der Waals surface area contributed by atoms with Crippen molar-refractivity contribution in [2.75, 3.05) is 33.5 Å². The molecule has 2 aliphatic rings. The Kier molecular flexibility index (Phi) is 7.74. The highest BCUT2D eigenvalue weighted by Gasteiger charge is 2.34. The fourth-order valence-electron chi connectivity index (χ4n) is 4.37. The van der Waals surface area contributed by atoms with Crippen molar-refractivity contribution in [1.82, 2.24) is 15.5 Å². The number of carbonyl (C=O) groups excluding carboxylic acids is 3. The van der Waals surface area contributed by atoms with Gasteiger partial charge in [-0.1, -0.05) is 6.92 Å². The van der Waals surface area contributed by atoms with E-state index < -0.39 is 6.04 Å². The number of amides is 3. The van der Waals surface area contributed by atoms with E-state index in [2.05, 4.69) is 10.6 Å². The standard InChI is InChI=1S/C26H31N3O6/c1-3-12-27-25(31)23(28-24(30)18-4-7-20(33-2)8-5-18)17-10-13-29(14-11-17)26(32)19-6-9-21-22(15-19)35-16-34-21/h4-9,15,17,23H,3,10-14,16H2,1-2H3,(H,27,31)(H,28,30)/t23-/m1/s1. The number of fused-ring (bicyclic) bond motifs is 1. The number of carbonyl (C=O) groups is 3. The van der Waals surface area contributed by atoms with Crippen LogP contribution in [0.1, 0.15) is 46.9 Å². The third-order valence-electron chi connectivity index (χ3n) is 6.39. The van der Waals surface area contributed by atoms with Crippen LogP contribution in [-0.2, 0) is 4.79 Å². The van der Waals surface area contributed by atoms with Crippen LogP contribution in [0.25, 0.3) is 0 Å². The van der Waals surface area contributed by atoms with E-state index in [1.807, 2.05) is 6.92 Å². The SMILES string of the molecule is CCCNC(=O)[C@H](NC(=O)c1ccc(OC)cc1)C1CCN(C(=O)c2ccc3c(c2)OCO3)CC1. The lowest BCUT2D eigenvalue weighted by Crippen LogP contribution is -2.54. The highest BCUT2D eigenvalue weighted by molar-refractivity contribution is 5.98. The molecule has 0 unspecified atom stereocenters. The van der Waals surface area contributed by atoms with Crippen LogP contribution >= 0.6 is 0 Å². The number of nitrogens with one attached hydrogen (secondary N) is 2. The molecule has 2 aromatic carbocycles. The lowest BCUT2D eigenvalue weighted by atomic mass is 9.88. The summed E-state index contributed by atoms with van der Waals surface area (Å²) in [7, 11) is 1.56. The number of benzene rings is 2. The molecule has 2 aromatic rings. The van der Waals surface area contributed by atoms with Crippen molar-refractivity contribution in [2.24, 2.45) is 5.92 Å². The van der Waals surface area contributed by atoms with Crippen LogP contribution in [0.3, 0.4) is 0 Å². The van der Waals surface area contributed by atoms with Gasteiger partial charge in [0.2, 0.25) is 12.7 Å². The van der Waals surface area contributed by atoms with Crippen molar-refractivity contribution in [3.63, 3.8) is 0 Å². The molecule has 0 radical (unpaired) electrons. The second kappa shape index (κ2) is 11.1. The van der Waals surface area contributed by atoms with E-state index in [-0.39, 0.29) is 30.4 Å². The molecule has 4 rings (SSSR count). The minimum atomic E-state index is -0.682. The van der Waals surface area contributed by atoms with Crippen LogP contribution in [0.15, 0.2) is 42.5 Å². The lowest BCUT2D eigenvalue weighted by Gasteiger charge is -2.36. The summed E-state index contributed by atoms with van der Waals surface area (Å²) in [5, 5.41) is 5.84. The predicted molar refractivity (Wildman–Crippen MR) is 129 cm³/mol. The Bertz CT molecular complexity index is 1060. The van der Waals surface area contributed by atoms with Crippen LogP contribution in [0.2, 0.25) is 0 Å². The fraction of sp³-hybridized carbons (Fsp3) is 0.423. The van der Waals surface area contributed by atoms with Gasteiger partial charge >= 0.3 is 0 Å². The molecular weight excluding hydrogens is 450 g/mol. The van der Waals surface area contributed by atoms with E-state index in [0.29, 0.717) is 60.9 Å². The summed E-state index contributed by atoms with van der Waals surface area (Å²) in [6.45, 7) is 3.66. The molecule has 9 heteroatoms. The smallest absolute Gasteiger partial charge is 0.253 e. The molecule has 2 aliphatic heterocycles. The van der Waals surface area contributed by atoms with Gasteiger partial charge in [0, 0.05) is 30.8 Å². The van der Waals surface area contributed by atoms with Gasteiger partial charge in [-0.15, -0.1) is 0 Å². The second-order valence-electron chi connectivity index (χ2n) is 8.67. The van der Waals surface area contributed by atoms with Crippen LogP contribution in [0.5, 0.6) is 17.2 Å². The number of hydrogen-bond donors (Lipinski definition) is 2. The average molecular weight is 482 g/mol. The zero-order valence-electron chi connectivity index (χ0n) is 20.0. The molecule has 35 heavy (non-hydrogen) atoms. The van der Waals surface area contributed by atoms with Crippen LogP contribution < -0.4 is 24.8 Å². The van der Waals surface area contributed by atoms with Gasteiger partial charge in [-0.05, 0) is 67.6 Å². The lowest BCUT2D eigenvalue weighted by molar-refractivity contribution is -0.124. The van der Waals surface area contributed by atoms with Gasteiger partial charge in [-0.2, -0.15) is 0 Å². The van der Waals surface area contributed by atoms with Gasteiger partial charge in [0.15, 0.2) is 11.5 Å². The summed E-state index contributed by atoms with van der Waals surface area (Å²) >= 11 is 0. The Morgan fingerprint density at radius 2 is 1.71 bits per heavy atom. The monoisotopic (exact) mass is 481 g/mol. The Hall–Kier alpha value is -3.75. The van der Waals surface area contributed by atoms with E-state index in [1.54, 1.807) is 54.5 Å². The Morgan fingerprint density at radius 3 is 2.40 bits per heavy atom. The van der Waals surface area contributed by atoms with E-state index in [1.165, 1.54) is 0 Å². The van der Waals surface area contributed by atoms with Crippen LogP contribution in [-0.4, -0.2) is 62.2 Å². The third-order valence-corrected chi connectivity index (χ3v) is 6.39. The molecule has 0 aliphatic carbocycles. The number of likely N-dealkylation sites (tertiary alicyclic amines) is 1. The molecule has 2 heterocycles. The Labute approximate surface area is 204 Å². The van der Waals surface area contributed by atoms with Crippen molar-refractivity contribution in [3.8, 4) is 17.2 Å². The largest absolute Gasteiger partial charge is 0.497 e. The maximum atomic E-state index is 13.0. The number of methoxy groups -OCH3 is 1. The van der Waals surface area contributed by atoms with E-state index in [0.717, 1.165) is 6.42 Å². The number of piperidine rings is 1. The van der Waals surface area contributed by atoms with E-state index in [4.69, 9.17) is 14.2 Å². The van der Waals surface area contributed by atoms with Gasteiger partial charge < -0.3 is 29.7 Å². The highest BCUT2D eigenvalue weighted by Crippen LogP contribution is 2.33. The molecular formula is C26H31N3O6. The summed E-state index contributed by atoms with van der Waals surface area (Å²) in [6.07, 6.45) is 2.00. The molecule has 1 atom stereocenters. The minimum absolute atomic E-state index is 0.0870. The minimum Gasteiger partial charge on any atom is -0.497 e. The molecule has 0 saturated carbocycles. The quantitative estimate of drug-likeness (QED) is 0.600. The Morgan fingerprint density at radius 1 is 1.03 bits per heavy atom. The maximum Gasteiger partial charge on any atom is 0.253 e. The second-order valence-corrected chi connectivity index (χ2v) is 8.67. The topological polar surface area (TPSA) is 106 Å². The molecule has 3 amide bonds. The van der Waals surface area contributed by atoms with Crippen LogP contribution in [0, 0.1) is 5.92 Å². The molecule has 0 aromatic heterocycles. The average Bonchev–Trinajstić information content (AvgIpc) is 3.38. The number of nitrogens with zero attached hydrogens (tertiary/aromatic N) is 1. The maximum absolute atomic E-state index is 13.0.